The first-order valence-corrected chi connectivity index (χ1v) is 8.35. The van der Waals surface area contributed by atoms with Gasteiger partial charge in [0, 0.05) is 6.42 Å². The van der Waals surface area contributed by atoms with E-state index in [1.807, 2.05) is 0 Å². The van der Waals surface area contributed by atoms with Crippen LogP contribution in [0.4, 0.5) is 0 Å². The third kappa shape index (κ3) is 4.27. The standard InChI is InChI=1S/C17H18N4O5/c18-11-17(7-1-2-8-17)20-13(22)10-25-15(23)6-5-14-19-16(21-26-14)12-4-3-9-24-12/h3-4,9H,1-2,5-8,10H2,(H,20,22). The Morgan fingerprint density at radius 3 is 2.88 bits per heavy atom. The Bertz CT molecular complexity index is 799. The van der Waals surface area contributed by atoms with E-state index in [2.05, 4.69) is 21.5 Å². The lowest BCUT2D eigenvalue weighted by molar-refractivity contribution is -0.149. The van der Waals surface area contributed by atoms with Gasteiger partial charge in [0.2, 0.25) is 11.7 Å². The lowest BCUT2D eigenvalue weighted by Gasteiger charge is -2.21. The zero-order valence-corrected chi connectivity index (χ0v) is 14.1. The van der Waals surface area contributed by atoms with Crippen LogP contribution in [0.3, 0.4) is 0 Å². The molecule has 2 aromatic heterocycles. The highest BCUT2D eigenvalue weighted by molar-refractivity contribution is 5.81. The molecule has 0 bridgehead atoms. The topological polar surface area (TPSA) is 131 Å². The maximum atomic E-state index is 11.9. The summed E-state index contributed by atoms with van der Waals surface area (Å²) in [6, 6.07) is 5.55. The number of nitrogens with zero attached hydrogens (tertiary/aromatic N) is 3. The molecule has 26 heavy (non-hydrogen) atoms. The normalized spacial score (nSPS) is 15.3. The van der Waals surface area contributed by atoms with Gasteiger partial charge in [-0.05, 0) is 37.8 Å². The molecule has 1 aliphatic carbocycles. The van der Waals surface area contributed by atoms with E-state index in [4.69, 9.17) is 13.7 Å². The molecule has 2 aromatic rings. The molecule has 9 heteroatoms. The monoisotopic (exact) mass is 358 g/mol. The number of hydrogen-bond acceptors (Lipinski definition) is 8. The van der Waals surface area contributed by atoms with E-state index in [-0.39, 0.29) is 18.7 Å². The third-order valence-corrected chi connectivity index (χ3v) is 4.17. The second-order valence-corrected chi connectivity index (χ2v) is 6.10. The van der Waals surface area contributed by atoms with Gasteiger partial charge in [-0.1, -0.05) is 5.16 Å². The molecule has 136 valence electrons. The van der Waals surface area contributed by atoms with Crippen LogP contribution in [0.15, 0.2) is 27.3 Å². The molecule has 9 nitrogen and oxygen atoms in total. The zero-order valence-electron chi connectivity index (χ0n) is 14.1. The molecule has 3 rings (SSSR count). The summed E-state index contributed by atoms with van der Waals surface area (Å²) in [4.78, 5) is 27.8. The average Bonchev–Trinajstić information content (AvgIpc) is 3.39. The molecule has 0 spiro atoms. The van der Waals surface area contributed by atoms with Crippen molar-refractivity contribution in [3.8, 4) is 17.7 Å². The minimum atomic E-state index is -0.824. The van der Waals surface area contributed by atoms with Gasteiger partial charge in [0.1, 0.15) is 5.54 Å². The number of furan rings is 1. The summed E-state index contributed by atoms with van der Waals surface area (Å²) >= 11 is 0. The van der Waals surface area contributed by atoms with E-state index >= 15 is 0 Å². The van der Waals surface area contributed by atoms with Crippen LogP contribution < -0.4 is 5.32 Å². The maximum Gasteiger partial charge on any atom is 0.306 e. The molecule has 0 aromatic carbocycles. The van der Waals surface area contributed by atoms with Crippen molar-refractivity contribution in [2.24, 2.45) is 0 Å². The lowest BCUT2D eigenvalue weighted by Crippen LogP contribution is -2.46. The number of carbonyl (C=O) groups is 2. The van der Waals surface area contributed by atoms with Crippen molar-refractivity contribution in [2.75, 3.05) is 6.61 Å². The molecular formula is C17H18N4O5. The number of aromatic nitrogens is 2. The van der Waals surface area contributed by atoms with Crippen molar-refractivity contribution in [3.05, 3.63) is 24.3 Å². The van der Waals surface area contributed by atoms with Gasteiger partial charge < -0.3 is 19.0 Å². The van der Waals surface area contributed by atoms with Crippen LogP contribution in [0.5, 0.6) is 0 Å². The van der Waals surface area contributed by atoms with Crippen molar-refractivity contribution in [3.63, 3.8) is 0 Å². The van der Waals surface area contributed by atoms with Gasteiger partial charge in [-0.3, -0.25) is 9.59 Å². The first kappa shape index (κ1) is 17.7. The fourth-order valence-corrected chi connectivity index (χ4v) is 2.84. The summed E-state index contributed by atoms with van der Waals surface area (Å²) in [7, 11) is 0. The smallest absolute Gasteiger partial charge is 0.306 e. The van der Waals surface area contributed by atoms with Gasteiger partial charge in [0.25, 0.3) is 5.91 Å². The number of aryl methyl sites for hydroxylation is 1. The highest BCUT2D eigenvalue weighted by Gasteiger charge is 2.35. The van der Waals surface area contributed by atoms with E-state index in [0.717, 1.165) is 12.8 Å². The molecular weight excluding hydrogens is 340 g/mol. The fraction of sp³-hybridized carbons (Fsp3) is 0.471. The molecule has 1 amide bonds. The van der Waals surface area contributed by atoms with E-state index in [0.29, 0.717) is 24.4 Å². The molecule has 0 unspecified atom stereocenters. The Morgan fingerprint density at radius 1 is 1.38 bits per heavy atom. The Hall–Kier alpha value is -3.15. The number of carbonyl (C=O) groups excluding carboxylic acids is 2. The van der Waals surface area contributed by atoms with Gasteiger partial charge in [0.05, 0.1) is 18.8 Å². The maximum absolute atomic E-state index is 11.9. The molecule has 0 saturated heterocycles. The van der Waals surface area contributed by atoms with Gasteiger partial charge in [-0.15, -0.1) is 0 Å². The first-order valence-electron chi connectivity index (χ1n) is 8.35. The number of esters is 1. The van der Waals surface area contributed by atoms with Gasteiger partial charge in [0.15, 0.2) is 12.4 Å². The second kappa shape index (κ2) is 7.82. The number of nitrogens with one attached hydrogen (secondary N) is 1. The van der Waals surface area contributed by atoms with Crippen molar-refractivity contribution < 1.29 is 23.3 Å². The van der Waals surface area contributed by atoms with Crippen LogP contribution in [0.25, 0.3) is 11.6 Å². The molecule has 0 radical (unpaired) electrons. The molecule has 1 aliphatic rings. The quantitative estimate of drug-likeness (QED) is 0.741. The summed E-state index contributed by atoms with van der Waals surface area (Å²) in [6.45, 7) is -0.413. The first-order chi connectivity index (χ1) is 12.6. The molecule has 0 atom stereocenters. The second-order valence-electron chi connectivity index (χ2n) is 6.10. The van der Waals surface area contributed by atoms with Gasteiger partial charge >= 0.3 is 5.97 Å². The molecule has 1 N–H and O–H groups in total. The molecule has 0 aliphatic heterocycles. The number of hydrogen-bond donors (Lipinski definition) is 1. The molecule has 1 saturated carbocycles. The minimum absolute atomic E-state index is 0.00351. The van der Waals surface area contributed by atoms with Crippen LogP contribution in [-0.4, -0.2) is 34.2 Å². The van der Waals surface area contributed by atoms with Crippen LogP contribution >= 0.6 is 0 Å². The van der Waals surface area contributed by atoms with Gasteiger partial charge in [-0.2, -0.15) is 10.2 Å². The fourth-order valence-electron chi connectivity index (χ4n) is 2.84. The lowest BCUT2D eigenvalue weighted by atomic mass is 10.00. The third-order valence-electron chi connectivity index (χ3n) is 4.17. The number of ether oxygens (including phenoxy) is 1. The Labute approximate surface area is 149 Å². The summed E-state index contributed by atoms with van der Waals surface area (Å²) in [5.74, 6) is 0.0101. The van der Waals surface area contributed by atoms with Gasteiger partial charge in [-0.25, -0.2) is 0 Å². The number of amides is 1. The Morgan fingerprint density at radius 2 is 2.19 bits per heavy atom. The highest BCUT2D eigenvalue weighted by atomic mass is 16.5. The van der Waals surface area contributed by atoms with Crippen molar-refractivity contribution in [1.29, 1.82) is 5.26 Å². The van der Waals surface area contributed by atoms with Crippen molar-refractivity contribution in [2.45, 2.75) is 44.1 Å². The largest absolute Gasteiger partial charge is 0.461 e. The summed E-state index contributed by atoms with van der Waals surface area (Å²) in [6.07, 6.45) is 4.73. The SMILES string of the molecule is N#CC1(NC(=O)COC(=O)CCc2nc(-c3ccco3)no2)CCCC1. The van der Waals surface area contributed by atoms with E-state index < -0.39 is 24.0 Å². The summed E-state index contributed by atoms with van der Waals surface area (Å²) < 4.78 is 15.1. The number of nitriles is 1. The number of rotatable bonds is 7. The van der Waals surface area contributed by atoms with Crippen molar-refractivity contribution in [1.82, 2.24) is 15.5 Å². The van der Waals surface area contributed by atoms with E-state index in [9.17, 15) is 14.9 Å². The van der Waals surface area contributed by atoms with E-state index in [1.54, 1.807) is 12.1 Å². The van der Waals surface area contributed by atoms with Crippen LogP contribution in [0, 0.1) is 11.3 Å². The summed E-state index contributed by atoms with van der Waals surface area (Å²) in [5.41, 5.74) is -0.824. The minimum Gasteiger partial charge on any atom is -0.461 e. The molecule has 1 fully saturated rings. The average molecular weight is 358 g/mol. The van der Waals surface area contributed by atoms with E-state index in [1.165, 1.54) is 6.26 Å². The Balaban J connectivity index is 1.40. The molecule has 2 heterocycles. The highest BCUT2D eigenvalue weighted by Crippen LogP contribution is 2.28. The van der Waals surface area contributed by atoms with Crippen LogP contribution in [-0.2, 0) is 20.7 Å². The van der Waals surface area contributed by atoms with Crippen molar-refractivity contribution >= 4 is 11.9 Å². The van der Waals surface area contributed by atoms with Crippen LogP contribution in [0.1, 0.15) is 38.0 Å². The predicted molar refractivity (Wildman–Crippen MR) is 86.2 cm³/mol. The predicted octanol–water partition coefficient (Wildman–Crippen LogP) is 1.76. The summed E-state index contributed by atoms with van der Waals surface area (Å²) in [5, 5.41) is 15.6. The van der Waals surface area contributed by atoms with Crippen LogP contribution in [0.2, 0.25) is 0 Å². The Kier molecular flexibility index (Phi) is 5.31. The zero-order chi connectivity index (χ0) is 18.4.